The summed E-state index contributed by atoms with van der Waals surface area (Å²) in [5, 5.41) is 0. The third-order valence-corrected chi connectivity index (χ3v) is 8.73. The molecule has 2 aromatic carbocycles. The van der Waals surface area contributed by atoms with E-state index in [4.69, 9.17) is 13.9 Å². The number of hydrogen-bond acceptors (Lipinski definition) is 6. The molecule has 1 aliphatic rings. The summed E-state index contributed by atoms with van der Waals surface area (Å²) in [5.74, 6) is 0.301. The van der Waals surface area contributed by atoms with Crippen molar-refractivity contribution in [1.29, 1.82) is 0 Å². The van der Waals surface area contributed by atoms with Crippen LogP contribution in [0.3, 0.4) is 0 Å². The molecular formula is C28H41NO6SSi. The van der Waals surface area contributed by atoms with E-state index >= 15 is 0 Å². The van der Waals surface area contributed by atoms with Crippen LogP contribution in [0.2, 0.25) is 13.1 Å². The molecule has 0 aromatic heterocycles. The number of amides is 1. The molecule has 7 nitrogen and oxygen atoms in total. The van der Waals surface area contributed by atoms with Crippen LogP contribution in [0.15, 0.2) is 46.2 Å². The molecule has 37 heavy (non-hydrogen) atoms. The van der Waals surface area contributed by atoms with Gasteiger partial charge in [-0.1, -0.05) is 32.9 Å². The van der Waals surface area contributed by atoms with Gasteiger partial charge in [-0.15, -0.1) is 0 Å². The van der Waals surface area contributed by atoms with Crippen LogP contribution in [0.1, 0.15) is 64.3 Å². The summed E-state index contributed by atoms with van der Waals surface area (Å²) in [6.07, 6.45) is 0.0647. The molecule has 0 saturated heterocycles. The van der Waals surface area contributed by atoms with E-state index in [-0.39, 0.29) is 27.9 Å². The van der Waals surface area contributed by atoms with Gasteiger partial charge in [-0.25, -0.2) is 13.2 Å². The topological polar surface area (TPSA) is 82.1 Å². The Labute approximate surface area is 223 Å². The van der Waals surface area contributed by atoms with Crippen LogP contribution in [0.25, 0.3) is 0 Å². The third kappa shape index (κ3) is 6.94. The second-order valence-corrected chi connectivity index (χ2v) is 16.2. The van der Waals surface area contributed by atoms with Gasteiger partial charge in [-0.2, -0.15) is 0 Å². The molecule has 0 aliphatic carbocycles. The lowest BCUT2D eigenvalue weighted by Gasteiger charge is -2.33. The SMILES string of the molecule is COc1cc2c(cc1S(=O)(=O)c1ccc(C(O[SiH](C)C)C(C)(C)C)cc1)CN(C(=O)OC(C)(C)C)CC2. The van der Waals surface area contributed by atoms with Gasteiger partial charge in [-0.05, 0) is 86.7 Å². The Morgan fingerprint density at radius 1 is 1.00 bits per heavy atom. The van der Waals surface area contributed by atoms with Crippen LogP contribution in [0.4, 0.5) is 4.79 Å². The Kier molecular flexibility index (Phi) is 8.51. The van der Waals surface area contributed by atoms with E-state index in [0.717, 1.165) is 16.7 Å². The molecule has 0 radical (unpaired) electrons. The highest BCUT2D eigenvalue weighted by atomic mass is 32.2. The summed E-state index contributed by atoms with van der Waals surface area (Å²) in [4.78, 5) is 14.5. The summed E-state index contributed by atoms with van der Waals surface area (Å²) < 4.78 is 44.8. The van der Waals surface area contributed by atoms with E-state index in [1.165, 1.54) is 7.11 Å². The molecule has 0 saturated carbocycles. The van der Waals surface area contributed by atoms with Crippen LogP contribution < -0.4 is 4.74 Å². The van der Waals surface area contributed by atoms with E-state index in [1.807, 2.05) is 32.9 Å². The van der Waals surface area contributed by atoms with Gasteiger partial charge in [0, 0.05) is 13.1 Å². The van der Waals surface area contributed by atoms with Gasteiger partial charge in [0.05, 0.1) is 18.1 Å². The number of sulfone groups is 1. The number of fused-ring (bicyclic) bond motifs is 1. The smallest absolute Gasteiger partial charge is 0.410 e. The third-order valence-electron chi connectivity index (χ3n) is 6.13. The van der Waals surface area contributed by atoms with Gasteiger partial charge in [0.2, 0.25) is 9.84 Å². The minimum absolute atomic E-state index is 0.0887. The molecule has 1 aliphatic heterocycles. The molecule has 0 spiro atoms. The standard InChI is InChI=1S/C28H41NO6SSi/c1-27(2,3)25(35-37(8)9)19-10-12-22(13-11-19)36(31,32)24-17-21-18-29(26(30)34-28(4,5)6)15-14-20(21)16-23(24)33-7/h10-13,16-17,25,37H,14-15,18H2,1-9H3. The Balaban J connectivity index is 1.95. The summed E-state index contributed by atoms with van der Waals surface area (Å²) in [5.41, 5.74) is 1.97. The lowest BCUT2D eigenvalue weighted by atomic mass is 9.85. The molecule has 204 valence electrons. The van der Waals surface area contributed by atoms with Crippen molar-refractivity contribution in [2.45, 2.75) is 89.1 Å². The molecule has 0 bridgehead atoms. The molecule has 1 heterocycles. The van der Waals surface area contributed by atoms with Gasteiger partial charge in [0.15, 0.2) is 9.04 Å². The van der Waals surface area contributed by atoms with Gasteiger partial charge in [-0.3, -0.25) is 0 Å². The minimum atomic E-state index is -3.87. The maximum absolute atomic E-state index is 13.7. The molecule has 0 fully saturated rings. The zero-order valence-corrected chi connectivity index (χ0v) is 25.5. The van der Waals surface area contributed by atoms with Gasteiger partial charge in [0.25, 0.3) is 0 Å². The second kappa shape index (κ2) is 10.8. The Morgan fingerprint density at radius 3 is 2.14 bits per heavy atom. The van der Waals surface area contributed by atoms with Crippen LogP contribution >= 0.6 is 0 Å². The average molecular weight is 548 g/mol. The quantitative estimate of drug-likeness (QED) is 0.418. The van der Waals surface area contributed by atoms with E-state index < -0.39 is 30.6 Å². The first-order chi connectivity index (χ1) is 17.0. The molecule has 2 aromatic rings. The monoisotopic (exact) mass is 547 g/mol. The number of carbonyl (C=O) groups excluding carboxylic acids is 1. The number of carbonyl (C=O) groups is 1. The number of ether oxygens (including phenoxy) is 2. The molecule has 3 rings (SSSR count). The first-order valence-electron chi connectivity index (χ1n) is 12.7. The second-order valence-electron chi connectivity index (χ2n) is 11.9. The molecule has 1 amide bonds. The fourth-order valence-electron chi connectivity index (χ4n) is 4.42. The fraction of sp³-hybridized carbons (Fsp3) is 0.536. The van der Waals surface area contributed by atoms with E-state index in [9.17, 15) is 13.2 Å². The summed E-state index contributed by atoms with van der Waals surface area (Å²) in [7, 11) is -3.71. The van der Waals surface area contributed by atoms with E-state index in [2.05, 4.69) is 33.9 Å². The van der Waals surface area contributed by atoms with Gasteiger partial charge >= 0.3 is 6.09 Å². The van der Waals surface area contributed by atoms with Crippen LogP contribution in [0.5, 0.6) is 5.75 Å². The van der Waals surface area contributed by atoms with Crippen molar-refractivity contribution in [2.24, 2.45) is 5.41 Å². The van der Waals surface area contributed by atoms with Crippen LogP contribution in [-0.2, 0) is 32.0 Å². The fourth-order valence-corrected chi connectivity index (χ4v) is 6.98. The molecule has 9 heteroatoms. The van der Waals surface area contributed by atoms with Gasteiger partial charge in [0.1, 0.15) is 16.2 Å². The molecule has 0 N–H and O–H groups in total. The Morgan fingerprint density at radius 2 is 1.62 bits per heavy atom. The van der Waals surface area contributed by atoms with Crippen molar-refractivity contribution in [3.8, 4) is 5.75 Å². The number of rotatable bonds is 6. The van der Waals surface area contributed by atoms with Gasteiger partial charge < -0.3 is 18.8 Å². The first kappa shape index (κ1) is 29.2. The molecule has 1 unspecified atom stereocenters. The van der Waals surface area contributed by atoms with Crippen molar-refractivity contribution in [3.63, 3.8) is 0 Å². The maximum atomic E-state index is 13.7. The minimum Gasteiger partial charge on any atom is -0.495 e. The maximum Gasteiger partial charge on any atom is 0.410 e. The Bertz CT molecular complexity index is 1230. The lowest BCUT2D eigenvalue weighted by molar-refractivity contribution is 0.0224. The van der Waals surface area contributed by atoms with Crippen molar-refractivity contribution in [3.05, 3.63) is 53.1 Å². The van der Waals surface area contributed by atoms with Crippen molar-refractivity contribution < 1.29 is 27.1 Å². The summed E-state index contributed by atoms with van der Waals surface area (Å²) in [6.45, 7) is 16.9. The number of benzene rings is 2. The predicted molar refractivity (Wildman–Crippen MR) is 147 cm³/mol. The predicted octanol–water partition coefficient (Wildman–Crippen LogP) is 5.91. The molecular weight excluding hydrogens is 506 g/mol. The van der Waals surface area contributed by atoms with E-state index in [0.29, 0.717) is 18.7 Å². The first-order valence-corrected chi connectivity index (χ1v) is 17.0. The number of methoxy groups -OCH3 is 1. The zero-order chi connectivity index (χ0) is 27.8. The normalized spacial score (nSPS) is 15.4. The van der Waals surface area contributed by atoms with Crippen LogP contribution in [0, 0.1) is 5.41 Å². The van der Waals surface area contributed by atoms with E-state index in [1.54, 1.807) is 29.2 Å². The Hall–Kier alpha value is -2.36. The lowest BCUT2D eigenvalue weighted by Crippen LogP contribution is -2.40. The highest BCUT2D eigenvalue weighted by molar-refractivity contribution is 7.91. The number of hydrogen-bond donors (Lipinski definition) is 0. The van der Waals surface area contributed by atoms with Crippen LogP contribution in [-0.4, -0.2) is 47.7 Å². The van der Waals surface area contributed by atoms with Crippen molar-refractivity contribution in [2.75, 3.05) is 13.7 Å². The number of nitrogens with zero attached hydrogens (tertiary/aromatic N) is 1. The summed E-state index contributed by atoms with van der Waals surface area (Å²) in [6, 6.07) is 10.4. The zero-order valence-electron chi connectivity index (χ0n) is 23.5. The summed E-state index contributed by atoms with van der Waals surface area (Å²) >= 11 is 0. The molecule has 1 atom stereocenters. The van der Waals surface area contributed by atoms with Crippen molar-refractivity contribution >= 4 is 25.0 Å². The highest BCUT2D eigenvalue weighted by Gasteiger charge is 2.31. The largest absolute Gasteiger partial charge is 0.495 e. The van der Waals surface area contributed by atoms with Crippen molar-refractivity contribution in [1.82, 2.24) is 4.90 Å². The average Bonchev–Trinajstić information content (AvgIpc) is 2.79. The highest BCUT2D eigenvalue weighted by Crippen LogP contribution is 2.38.